The summed E-state index contributed by atoms with van der Waals surface area (Å²) in [6.07, 6.45) is 22.2. The SMILES string of the molecule is CC/C=C\C/C=C/C/C=C\C[C@H](O)/C=C/[C@@H]1C(=O)C=C[C@H]1CCC(=O)O. The topological polar surface area (TPSA) is 74.6 Å². The highest BCUT2D eigenvalue weighted by atomic mass is 16.4. The zero-order valence-corrected chi connectivity index (χ0v) is 15.5. The summed E-state index contributed by atoms with van der Waals surface area (Å²) >= 11 is 0. The van der Waals surface area contributed by atoms with E-state index in [-0.39, 0.29) is 24.0 Å². The first kappa shape index (κ1) is 21.8. The minimum Gasteiger partial charge on any atom is -0.481 e. The molecule has 0 bridgehead atoms. The molecule has 0 aromatic rings. The van der Waals surface area contributed by atoms with Gasteiger partial charge in [0.1, 0.15) is 0 Å². The molecule has 0 spiro atoms. The number of carboxylic acid groups (broad SMARTS) is 1. The highest BCUT2D eigenvalue weighted by Gasteiger charge is 2.28. The van der Waals surface area contributed by atoms with Crippen LogP contribution in [-0.2, 0) is 9.59 Å². The Morgan fingerprint density at radius 2 is 1.81 bits per heavy atom. The van der Waals surface area contributed by atoms with Crippen molar-refractivity contribution in [3.05, 3.63) is 60.8 Å². The predicted octanol–water partition coefficient (Wildman–Crippen LogP) is 4.39. The summed E-state index contributed by atoms with van der Waals surface area (Å²) in [6.45, 7) is 2.11. The van der Waals surface area contributed by atoms with Gasteiger partial charge in [-0.15, -0.1) is 0 Å². The van der Waals surface area contributed by atoms with Gasteiger partial charge in [-0.1, -0.05) is 61.6 Å². The van der Waals surface area contributed by atoms with Crippen molar-refractivity contribution in [2.75, 3.05) is 0 Å². The third-order valence-corrected chi connectivity index (χ3v) is 4.19. The minimum atomic E-state index is -0.860. The third-order valence-electron chi connectivity index (χ3n) is 4.19. The molecule has 0 aromatic heterocycles. The summed E-state index contributed by atoms with van der Waals surface area (Å²) in [5, 5.41) is 18.8. The van der Waals surface area contributed by atoms with E-state index in [1.807, 2.05) is 12.2 Å². The van der Waals surface area contributed by atoms with Gasteiger partial charge in [-0.2, -0.15) is 0 Å². The first-order valence-electron chi connectivity index (χ1n) is 9.29. The lowest BCUT2D eigenvalue weighted by Gasteiger charge is -2.14. The van der Waals surface area contributed by atoms with E-state index in [2.05, 4.69) is 31.2 Å². The molecule has 0 amide bonds. The molecule has 3 atom stereocenters. The van der Waals surface area contributed by atoms with Crippen LogP contribution in [0.3, 0.4) is 0 Å². The molecule has 0 radical (unpaired) electrons. The van der Waals surface area contributed by atoms with Crippen molar-refractivity contribution in [3.8, 4) is 0 Å². The second-order valence-corrected chi connectivity index (χ2v) is 6.37. The fourth-order valence-corrected chi connectivity index (χ4v) is 2.73. The summed E-state index contributed by atoms with van der Waals surface area (Å²) in [6, 6.07) is 0. The maximum atomic E-state index is 11.9. The molecule has 2 N–H and O–H groups in total. The number of carbonyl (C=O) groups is 2. The van der Waals surface area contributed by atoms with E-state index in [0.717, 1.165) is 19.3 Å². The average Bonchev–Trinajstić information content (AvgIpc) is 2.96. The number of rotatable bonds is 12. The highest BCUT2D eigenvalue weighted by Crippen LogP contribution is 2.28. The number of hydrogen-bond donors (Lipinski definition) is 2. The Kier molecular flexibility index (Phi) is 11.0. The molecule has 142 valence electrons. The van der Waals surface area contributed by atoms with E-state index in [9.17, 15) is 14.7 Å². The molecule has 0 saturated heterocycles. The molecule has 1 aliphatic rings. The lowest BCUT2D eigenvalue weighted by molar-refractivity contribution is -0.137. The standard InChI is InChI=1S/C22H30O4/c1-2-3-4-5-6-7-8-9-10-11-19(23)14-15-20-18(12-16-21(20)24)13-17-22(25)26/h3-4,6-7,9-10,12,14-16,18-20,23H,2,5,8,11,13,17H2,1H3,(H,25,26)/b4-3-,7-6+,10-9-,15-14+/t18-,19-,20-/m0/s1. The molecule has 0 aliphatic heterocycles. The van der Waals surface area contributed by atoms with Gasteiger partial charge in [-0.3, -0.25) is 9.59 Å². The second-order valence-electron chi connectivity index (χ2n) is 6.37. The van der Waals surface area contributed by atoms with Crippen molar-refractivity contribution < 1.29 is 19.8 Å². The quantitative estimate of drug-likeness (QED) is 0.507. The van der Waals surface area contributed by atoms with Crippen molar-refractivity contribution in [1.82, 2.24) is 0 Å². The fraction of sp³-hybridized carbons (Fsp3) is 0.455. The zero-order valence-electron chi connectivity index (χ0n) is 15.5. The summed E-state index contributed by atoms with van der Waals surface area (Å²) < 4.78 is 0. The van der Waals surface area contributed by atoms with Gasteiger partial charge in [0.05, 0.1) is 6.10 Å². The lowest BCUT2D eigenvalue weighted by atomic mass is 9.90. The molecule has 1 aliphatic carbocycles. The Morgan fingerprint density at radius 1 is 1.15 bits per heavy atom. The van der Waals surface area contributed by atoms with Gasteiger partial charge in [0, 0.05) is 12.3 Å². The van der Waals surface area contributed by atoms with Crippen molar-refractivity contribution in [3.63, 3.8) is 0 Å². The van der Waals surface area contributed by atoms with Gasteiger partial charge in [0.2, 0.25) is 0 Å². The number of allylic oxidation sites excluding steroid dienone is 8. The summed E-state index contributed by atoms with van der Waals surface area (Å²) in [4.78, 5) is 22.6. The molecule has 0 saturated carbocycles. The van der Waals surface area contributed by atoms with Crippen LogP contribution in [0.4, 0.5) is 0 Å². The van der Waals surface area contributed by atoms with Crippen LogP contribution in [0.1, 0.15) is 45.4 Å². The third kappa shape index (κ3) is 9.33. The van der Waals surface area contributed by atoms with Gasteiger partial charge in [-0.25, -0.2) is 0 Å². The van der Waals surface area contributed by atoms with Crippen LogP contribution in [-0.4, -0.2) is 28.1 Å². The largest absolute Gasteiger partial charge is 0.481 e. The summed E-state index contributed by atoms with van der Waals surface area (Å²) in [7, 11) is 0. The number of hydrogen-bond acceptors (Lipinski definition) is 3. The van der Waals surface area contributed by atoms with Crippen LogP contribution in [0.5, 0.6) is 0 Å². The van der Waals surface area contributed by atoms with Gasteiger partial charge in [0.15, 0.2) is 5.78 Å². The summed E-state index contributed by atoms with van der Waals surface area (Å²) in [5.41, 5.74) is 0. The van der Waals surface area contributed by atoms with E-state index in [0.29, 0.717) is 12.8 Å². The monoisotopic (exact) mass is 358 g/mol. The number of carboxylic acids is 1. The van der Waals surface area contributed by atoms with Gasteiger partial charge < -0.3 is 10.2 Å². The molecule has 0 heterocycles. The first-order valence-corrected chi connectivity index (χ1v) is 9.29. The number of aliphatic hydroxyl groups is 1. The molecule has 0 unspecified atom stereocenters. The van der Waals surface area contributed by atoms with E-state index >= 15 is 0 Å². The Morgan fingerprint density at radius 3 is 2.46 bits per heavy atom. The molecular weight excluding hydrogens is 328 g/mol. The molecule has 0 fully saturated rings. The predicted molar refractivity (Wildman–Crippen MR) is 105 cm³/mol. The van der Waals surface area contributed by atoms with E-state index in [1.165, 1.54) is 6.08 Å². The van der Waals surface area contributed by atoms with Crippen LogP contribution in [0.2, 0.25) is 0 Å². The van der Waals surface area contributed by atoms with Crippen molar-refractivity contribution in [2.24, 2.45) is 11.8 Å². The Labute approximate surface area is 156 Å². The molecular formula is C22H30O4. The maximum Gasteiger partial charge on any atom is 0.303 e. The normalized spacial score (nSPS) is 21.8. The first-order chi connectivity index (χ1) is 12.5. The zero-order chi connectivity index (χ0) is 19.2. The smallest absolute Gasteiger partial charge is 0.303 e. The van der Waals surface area contributed by atoms with Crippen molar-refractivity contribution >= 4 is 11.8 Å². The van der Waals surface area contributed by atoms with Crippen LogP contribution in [0.15, 0.2) is 60.8 Å². The number of ketones is 1. The Bertz CT molecular complexity index is 581. The van der Waals surface area contributed by atoms with Crippen LogP contribution in [0, 0.1) is 11.8 Å². The number of aliphatic carboxylic acids is 1. The molecule has 0 aromatic carbocycles. The Balaban J connectivity index is 2.33. The lowest BCUT2D eigenvalue weighted by Crippen LogP contribution is -2.15. The number of aliphatic hydroxyl groups excluding tert-OH is 1. The average molecular weight is 358 g/mol. The van der Waals surface area contributed by atoms with Crippen LogP contribution in [0.25, 0.3) is 0 Å². The van der Waals surface area contributed by atoms with Gasteiger partial charge >= 0.3 is 5.97 Å². The van der Waals surface area contributed by atoms with E-state index in [4.69, 9.17) is 5.11 Å². The highest BCUT2D eigenvalue weighted by molar-refractivity contribution is 5.95. The van der Waals surface area contributed by atoms with E-state index < -0.39 is 12.1 Å². The summed E-state index contributed by atoms with van der Waals surface area (Å²) in [5.74, 6) is -1.33. The fourth-order valence-electron chi connectivity index (χ4n) is 2.73. The van der Waals surface area contributed by atoms with Gasteiger partial charge in [-0.05, 0) is 44.1 Å². The van der Waals surface area contributed by atoms with Crippen LogP contribution >= 0.6 is 0 Å². The van der Waals surface area contributed by atoms with E-state index in [1.54, 1.807) is 18.2 Å². The van der Waals surface area contributed by atoms with Gasteiger partial charge in [0.25, 0.3) is 0 Å². The van der Waals surface area contributed by atoms with Crippen molar-refractivity contribution in [2.45, 2.75) is 51.6 Å². The molecule has 1 rings (SSSR count). The van der Waals surface area contributed by atoms with Crippen LogP contribution < -0.4 is 0 Å². The second kappa shape index (κ2) is 13.1. The molecule has 4 heteroatoms. The number of carbonyl (C=O) groups excluding carboxylic acids is 1. The molecule has 26 heavy (non-hydrogen) atoms. The van der Waals surface area contributed by atoms with Crippen molar-refractivity contribution in [1.29, 1.82) is 0 Å². The minimum absolute atomic E-state index is 0.0263. The maximum absolute atomic E-state index is 11.9. The Hall–Kier alpha value is -2.20. The molecule has 4 nitrogen and oxygen atoms in total.